The molecule has 0 N–H and O–H groups in total. The fourth-order valence-corrected chi connectivity index (χ4v) is 2.17. The molecule has 0 aromatic heterocycles. The Hall–Kier alpha value is -0.700. The lowest BCUT2D eigenvalue weighted by atomic mass is 9.73. The summed E-state index contributed by atoms with van der Waals surface area (Å²) >= 11 is 0. The molecule has 3 nitrogen and oxygen atoms in total. The smallest absolute Gasteiger partial charge is 0.140 e. The van der Waals surface area contributed by atoms with Crippen LogP contribution in [-0.2, 0) is 14.3 Å². The van der Waals surface area contributed by atoms with Gasteiger partial charge in [0, 0.05) is 24.9 Å². The molecule has 1 saturated carbocycles. The van der Waals surface area contributed by atoms with Gasteiger partial charge in [-0.3, -0.25) is 9.59 Å². The maximum absolute atomic E-state index is 11.2. The van der Waals surface area contributed by atoms with Gasteiger partial charge in [0.25, 0.3) is 0 Å². The van der Waals surface area contributed by atoms with Gasteiger partial charge in [0.05, 0.1) is 13.0 Å². The van der Waals surface area contributed by atoms with Crippen molar-refractivity contribution in [2.75, 3.05) is 13.2 Å². The molecular formula is C9H12O3. The van der Waals surface area contributed by atoms with Gasteiger partial charge in [0.2, 0.25) is 0 Å². The number of carbonyl (C=O) groups is 2. The van der Waals surface area contributed by atoms with Crippen LogP contribution in [0.2, 0.25) is 0 Å². The van der Waals surface area contributed by atoms with E-state index in [1.54, 1.807) is 0 Å². The minimum Gasteiger partial charge on any atom is -0.381 e. The lowest BCUT2D eigenvalue weighted by Crippen LogP contribution is -2.34. The average Bonchev–Trinajstić information content (AvgIpc) is 2.33. The minimum atomic E-state index is -0.105. The fourth-order valence-electron chi connectivity index (χ4n) is 2.17. The van der Waals surface area contributed by atoms with Crippen molar-refractivity contribution in [2.24, 2.45) is 5.41 Å². The maximum Gasteiger partial charge on any atom is 0.140 e. The molecular weight excluding hydrogens is 156 g/mol. The topological polar surface area (TPSA) is 43.4 Å². The number of ketones is 2. The first-order chi connectivity index (χ1) is 5.70. The monoisotopic (exact) mass is 168 g/mol. The molecule has 1 aliphatic heterocycles. The molecule has 0 bridgehead atoms. The van der Waals surface area contributed by atoms with Crippen molar-refractivity contribution in [1.82, 2.24) is 0 Å². The van der Waals surface area contributed by atoms with E-state index in [2.05, 4.69) is 0 Å². The van der Waals surface area contributed by atoms with Gasteiger partial charge in [-0.05, 0) is 6.42 Å². The van der Waals surface area contributed by atoms with Crippen LogP contribution >= 0.6 is 0 Å². The highest BCUT2D eigenvalue weighted by molar-refractivity contribution is 6.02. The lowest BCUT2D eigenvalue weighted by molar-refractivity contribution is -0.134. The molecule has 3 heteroatoms. The largest absolute Gasteiger partial charge is 0.381 e. The molecule has 0 unspecified atom stereocenters. The second-order valence-electron chi connectivity index (χ2n) is 3.91. The molecule has 0 atom stereocenters. The van der Waals surface area contributed by atoms with Gasteiger partial charge >= 0.3 is 0 Å². The first-order valence-corrected chi connectivity index (χ1v) is 4.31. The molecule has 0 aromatic carbocycles. The van der Waals surface area contributed by atoms with E-state index in [-0.39, 0.29) is 23.4 Å². The predicted octanol–water partition coefficient (Wildman–Crippen LogP) is 0.715. The lowest BCUT2D eigenvalue weighted by Gasteiger charge is -2.29. The highest BCUT2D eigenvalue weighted by Crippen LogP contribution is 2.39. The van der Waals surface area contributed by atoms with Crippen LogP contribution in [0.25, 0.3) is 0 Å². The molecule has 66 valence electrons. The van der Waals surface area contributed by atoms with Crippen molar-refractivity contribution in [1.29, 1.82) is 0 Å². The molecule has 1 aliphatic carbocycles. The van der Waals surface area contributed by atoms with E-state index in [1.807, 2.05) is 0 Å². The third-order valence-corrected chi connectivity index (χ3v) is 2.72. The third-order valence-electron chi connectivity index (χ3n) is 2.72. The van der Waals surface area contributed by atoms with E-state index < -0.39 is 0 Å². The molecule has 2 fully saturated rings. The Bertz CT molecular complexity index is 208. The molecule has 12 heavy (non-hydrogen) atoms. The van der Waals surface area contributed by atoms with Gasteiger partial charge in [-0.25, -0.2) is 0 Å². The Morgan fingerprint density at radius 3 is 2.33 bits per heavy atom. The Kier molecular flexibility index (Phi) is 1.76. The second kappa shape index (κ2) is 2.66. The number of hydrogen-bond acceptors (Lipinski definition) is 3. The highest BCUT2D eigenvalue weighted by Gasteiger charge is 2.42. The average molecular weight is 168 g/mol. The van der Waals surface area contributed by atoms with Crippen molar-refractivity contribution in [2.45, 2.75) is 25.7 Å². The Balaban J connectivity index is 2.14. The minimum absolute atomic E-state index is 0.0942. The van der Waals surface area contributed by atoms with Gasteiger partial charge in [-0.15, -0.1) is 0 Å². The molecule has 0 aromatic rings. The number of carbonyl (C=O) groups excluding carboxylic acids is 2. The van der Waals surface area contributed by atoms with E-state index >= 15 is 0 Å². The summed E-state index contributed by atoms with van der Waals surface area (Å²) < 4.78 is 5.23. The van der Waals surface area contributed by atoms with E-state index in [0.717, 1.165) is 6.42 Å². The molecule has 1 heterocycles. The summed E-state index contributed by atoms with van der Waals surface area (Å²) in [5.74, 6) is 0.188. The zero-order chi connectivity index (χ0) is 8.60. The fraction of sp³-hybridized carbons (Fsp3) is 0.778. The van der Waals surface area contributed by atoms with Crippen molar-refractivity contribution in [3.63, 3.8) is 0 Å². The van der Waals surface area contributed by atoms with Gasteiger partial charge in [0.15, 0.2) is 0 Å². The van der Waals surface area contributed by atoms with Crippen molar-refractivity contribution in [3.05, 3.63) is 0 Å². The number of ether oxygens (including phenoxy) is 1. The maximum atomic E-state index is 11.2. The summed E-state index contributed by atoms with van der Waals surface area (Å²) in [6.07, 6.45) is 2.14. The molecule has 2 aliphatic rings. The van der Waals surface area contributed by atoms with Crippen LogP contribution in [0.3, 0.4) is 0 Å². The zero-order valence-corrected chi connectivity index (χ0v) is 6.97. The third kappa shape index (κ3) is 1.29. The van der Waals surface area contributed by atoms with Crippen LogP contribution in [0.4, 0.5) is 0 Å². The van der Waals surface area contributed by atoms with Crippen LogP contribution in [0.1, 0.15) is 25.7 Å². The number of hydrogen-bond donors (Lipinski definition) is 0. The van der Waals surface area contributed by atoms with Gasteiger partial charge in [-0.2, -0.15) is 0 Å². The highest BCUT2D eigenvalue weighted by atomic mass is 16.5. The van der Waals surface area contributed by atoms with Crippen LogP contribution in [0.15, 0.2) is 0 Å². The predicted molar refractivity (Wildman–Crippen MR) is 41.7 cm³/mol. The normalized spacial score (nSPS) is 28.3. The second-order valence-corrected chi connectivity index (χ2v) is 3.91. The molecule has 0 amide bonds. The van der Waals surface area contributed by atoms with E-state index in [1.165, 1.54) is 0 Å². The number of Topliss-reactive ketones (excluding diaryl/α,β-unsaturated/α-hetero) is 2. The summed E-state index contributed by atoms with van der Waals surface area (Å²) in [5, 5.41) is 0. The van der Waals surface area contributed by atoms with Crippen LogP contribution < -0.4 is 0 Å². The van der Waals surface area contributed by atoms with Gasteiger partial charge in [-0.1, -0.05) is 0 Å². The SMILES string of the molecule is O=C1CC(=O)CC2(CCOC2)C1. The summed E-state index contributed by atoms with van der Waals surface area (Å²) in [4.78, 5) is 22.3. The van der Waals surface area contributed by atoms with Crippen LogP contribution in [0, 0.1) is 5.41 Å². The van der Waals surface area contributed by atoms with Crippen LogP contribution in [-0.4, -0.2) is 24.8 Å². The van der Waals surface area contributed by atoms with Crippen LogP contribution in [0.5, 0.6) is 0 Å². The standard InChI is InChI=1S/C9H12O3/c10-7-3-8(11)5-9(4-7)1-2-12-6-9/h1-6H2. The molecule has 1 saturated heterocycles. The summed E-state index contributed by atoms with van der Waals surface area (Å²) in [7, 11) is 0. The van der Waals surface area contributed by atoms with Crippen molar-refractivity contribution >= 4 is 11.6 Å². The van der Waals surface area contributed by atoms with Gasteiger partial charge in [0.1, 0.15) is 11.6 Å². The molecule has 0 radical (unpaired) electrons. The number of rotatable bonds is 0. The zero-order valence-electron chi connectivity index (χ0n) is 6.97. The quantitative estimate of drug-likeness (QED) is 0.500. The Morgan fingerprint density at radius 2 is 1.83 bits per heavy atom. The van der Waals surface area contributed by atoms with Crippen molar-refractivity contribution < 1.29 is 14.3 Å². The first kappa shape index (κ1) is 7.92. The van der Waals surface area contributed by atoms with Crippen molar-refractivity contribution in [3.8, 4) is 0 Å². The Labute approximate surface area is 71.1 Å². The molecule has 2 rings (SSSR count). The Morgan fingerprint density at radius 1 is 1.17 bits per heavy atom. The summed E-state index contributed by atoms with van der Waals surface area (Å²) in [5.41, 5.74) is -0.105. The van der Waals surface area contributed by atoms with E-state index in [4.69, 9.17) is 4.74 Å². The first-order valence-electron chi connectivity index (χ1n) is 4.31. The van der Waals surface area contributed by atoms with E-state index in [0.29, 0.717) is 26.1 Å². The molecule has 1 spiro atoms. The summed E-state index contributed by atoms with van der Waals surface area (Å²) in [6, 6.07) is 0. The summed E-state index contributed by atoms with van der Waals surface area (Å²) in [6.45, 7) is 1.31. The van der Waals surface area contributed by atoms with E-state index in [9.17, 15) is 9.59 Å². The van der Waals surface area contributed by atoms with Gasteiger partial charge < -0.3 is 4.74 Å².